The Balaban J connectivity index is 1.56. The highest BCUT2D eigenvalue weighted by Gasteiger charge is 2.21. The second-order valence-electron chi connectivity index (χ2n) is 6.92. The predicted octanol–water partition coefficient (Wildman–Crippen LogP) is 5.25. The largest absolute Gasteiger partial charge is 0.361 e. The summed E-state index contributed by atoms with van der Waals surface area (Å²) >= 11 is 14.0. The van der Waals surface area contributed by atoms with Crippen LogP contribution in [0.3, 0.4) is 0 Å². The molecule has 0 aliphatic heterocycles. The Morgan fingerprint density at radius 3 is 2.83 bits per heavy atom. The van der Waals surface area contributed by atoms with Crippen LogP contribution < -0.4 is 5.32 Å². The number of nitrogens with zero attached hydrogens (tertiary/aromatic N) is 2. The van der Waals surface area contributed by atoms with Crippen LogP contribution in [0, 0.1) is 0 Å². The summed E-state index contributed by atoms with van der Waals surface area (Å²) < 4.78 is 1.89. The lowest BCUT2D eigenvalue weighted by Crippen LogP contribution is -2.30. The molecule has 0 aliphatic rings. The Morgan fingerprint density at radius 1 is 1.23 bits per heavy atom. The molecule has 30 heavy (non-hydrogen) atoms. The summed E-state index contributed by atoms with van der Waals surface area (Å²) in [4.78, 5) is 20.1. The molecule has 0 fully saturated rings. The second-order valence-corrected chi connectivity index (χ2v) is 8.71. The molecule has 0 aliphatic carbocycles. The van der Waals surface area contributed by atoms with E-state index >= 15 is 0 Å². The first kappa shape index (κ1) is 20.8. The van der Waals surface area contributed by atoms with Gasteiger partial charge in [0.1, 0.15) is 0 Å². The molecule has 0 bridgehead atoms. The summed E-state index contributed by atoms with van der Waals surface area (Å²) in [5, 5.41) is 6.12. The van der Waals surface area contributed by atoms with Gasteiger partial charge in [-0.05, 0) is 29.3 Å². The first-order valence-corrected chi connectivity index (χ1v) is 11.1. The molecule has 2 aromatic heterocycles. The zero-order valence-corrected chi connectivity index (χ0v) is 18.6. The molecule has 1 atom stereocenters. The molecule has 4 rings (SSSR count). The number of aryl methyl sites for hydroxylation is 1. The van der Waals surface area contributed by atoms with E-state index in [0.717, 1.165) is 27.2 Å². The van der Waals surface area contributed by atoms with Crippen LogP contribution in [0.15, 0.2) is 66.2 Å². The van der Waals surface area contributed by atoms with Crippen molar-refractivity contribution < 1.29 is 4.79 Å². The number of H-pyrrole nitrogens is 1. The normalized spacial score (nSPS) is 12.2. The molecule has 154 valence electrons. The van der Waals surface area contributed by atoms with Crippen LogP contribution in [-0.4, -0.2) is 32.7 Å². The summed E-state index contributed by atoms with van der Waals surface area (Å²) in [5.41, 5.74) is 3.04. The maximum atomic E-state index is 12.5. The molecule has 0 unspecified atom stereocenters. The van der Waals surface area contributed by atoms with Gasteiger partial charge in [0.25, 0.3) is 0 Å². The van der Waals surface area contributed by atoms with Gasteiger partial charge in [-0.1, -0.05) is 59.2 Å². The number of halogens is 2. The number of fused-ring (bicyclic) bond motifs is 1. The summed E-state index contributed by atoms with van der Waals surface area (Å²) in [6.07, 6.45) is 5.56. The number of thioether (sulfide) groups is 1. The zero-order valence-electron chi connectivity index (χ0n) is 16.2. The van der Waals surface area contributed by atoms with Crippen molar-refractivity contribution in [1.29, 1.82) is 0 Å². The van der Waals surface area contributed by atoms with Crippen LogP contribution in [0.2, 0.25) is 10.0 Å². The van der Waals surface area contributed by atoms with Gasteiger partial charge in [-0.3, -0.25) is 4.79 Å². The van der Waals surface area contributed by atoms with Gasteiger partial charge in [-0.15, -0.1) is 0 Å². The Hall–Kier alpha value is -2.41. The molecule has 0 radical (unpaired) electrons. The minimum absolute atomic E-state index is 0.0575. The van der Waals surface area contributed by atoms with Gasteiger partial charge in [0.2, 0.25) is 5.91 Å². The maximum Gasteiger partial charge on any atom is 0.230 e. The van der Waals surface area contributed by atoms with E-state index in [1.165, 1.54) is 11.8 Å². The number of imidazole rings is 1. The molecule has 0 saturated carbocycles. The van der Waals surface area contributed by atoms with Crippen LogP contribution in [0.5, 0.6) is 0 Å². The molecule has 5 nitrogen and oxygen atoms in total. The summed E-state index contributed by atoms with van der Waals surface area (Å²) in [6, 6.07) is 13.6. The topological polar surface area (TPSA) is 62.7 Å². The fourth-order valence-corrected chi connectivity index (χ4v) is 4.74. The molecule has 0 saturated heterocycles. The number of para-hydroxylation sites is 1. The van der Waals surface area contributed by atoms with Gasteiger partial charge in [-0.25, -0.2) is 4.98 Å². The summed E-state index contributed by atoms with van der Waals surface area (Å²) in [6.45, 7) is 0.420. The maximum absolute atomic E-state index is 12.5. The number of carbonyl (C=O) groups excluding carboxylic acids is 1. The van der Waals surface area contributed by atoms with Crippen LogP contribution in [0.25, 0.3) is 10.9 Å². The molecule has 4 aromatic rings. The van der Waals surface area contributed by atoms with Crippen molar-refractivity contribution in [2.75, 3.05) is 12.3 Å². The monoisotopic (exact) mass is 458 g/mol. The van der Waals surface area contributed by atoms with E-state index in [2.05, 4.69) is 21.4 Å². The van der Waals surface area contributed by atoms with E-state index in [1.54, 1.807) is 12.3 Å². The van der Waals surface area contributed by atoms with Gasteiger partial charge in [-0.2, -0.15) is 0 Å². The van der Waals surface area contributed by atoms with E-state index in [9.17, 15) is 4.79 Å². The Kier molecular flexibility index (Phi) is 6.37. The number of nitrogens with one attached hydrogen (secondary N) is 2. The van der Waals surface area contributed by atoms with Crippen molar-refractivity contribution in [3.05, 3.63) is 82.2 Å². The molecule has 2 aromatic carbocycles. The SMILES string of the molecule is Cn1ccnc1SCC(=O)NC[C@H](c1ccc(Cl)cc1Cl)c1c[nH]c2ccccc12. The number of hydrogen-bond acceptors (Lipinski definition) is 3. The zero-order chi connectivity index (χ0) is 21.1. The minimum atomic E-state index is -0.118. The van der Waals surface area contributed by atoms with E-state index in [1.807, 2.05) is 54.3 Å². The molecular formula is C22H20Cl2N4OS. The number of carbonyl (C=O) groups is 1. The highest BCUT2D eigenvalue weighted by atomic mass is 35.5. The minimum Gasteiger partial charge on any atom is -0.361 e. The fourth-order valence-electron chi connectivity index (χ4n) is 3.44. The van der Waals surface area contributed by atoms with Gasteiger partial charge >= 0.3 is 0 Å². The van der Waals surface area contributed by atoms with Crippen LogP contribution in [0.4, 0.5) is 0 Å². The smallest absolute Gasteiger partial charge is 0.230 e. The molecule has 2 N–H and O–H groups in total. The molecule has 8 heteroatoms. The second kappa shape index (κ2) is 9.16. The first-order chi connectivity index (χ1) is 14.5. The molecular weight excluding hydrogens is 439 g/mol. The van der Waals surface area contributed by atoms with Crippen LogP contribution >= 0.6 is 35.0 Å². The number of aromatic amines is 1. The predicted molar refractivity (Wildman–Crippen MR) is 124 cm³/mol. The lowest BCUT2D eigenvalue weighted by atomic mass is 9.90. The molecule has 1 amide bonds. The third-order valence-electron chi connectivity index (χ3n) is 4.95. The average molecular weight is 459 g/mol. The summed E-state index contributed by atoms with van der Waals surface area (Å²) in [7, 11) is 1.91. The molecule has 2 heterocycles. The van der Waals surface area contributed by atoms with E-state index in [4.69, 9.17) is 23.2 Å². The number of amides is 1. The highest BCUT2D eigenvalue weighted by molar-refractivity contribution is 7.99. The van der Waals surface area contributed by atoms with Gasteiger partial charge in [0.05, 0.1) is 5.75 Å². The van der Waals surface area contributed by atoms with Gasteiger partial charge in [0.15, 0.2) is 5.16 Å². The standard InChI is InChI=1S/C22H20Cl2N4OS/c1-28-9-8-25-22(28)30-13-21(29)27-12-17(15-7-6-14(23)10-19(15)24)18-11-26-20-5-3-2-4-16(18)20/h2-11,17,26H,12-13H2,1H3,(H,27,29)/t17-/m1/s1. The number of benzene rings is 2. The highest BCUT2D eigenvalue weighted by Crippen LogP contribution is 2.35. The number of aromatic nitrogens is 3. The van der Waals surface area contributed by atoms with Crippen molar-refractivity contribution in [3.63, 3.8) is 0 Å². The number of hydrogen-bond donors (Lipinski definition) is 2. The average Bonchev–Trinajstić information content (AvgIpc) is 3.34. The molecule has 0 spiro atoms. The first-order valence-electron chi connectivity index (χ1n) is 9.40. The Bertz CT molecular complexity index is 1190. The van der Waals surface area contributed by atoms with Gasteiger partial charge in [0, 0.05) is 59.0 Å². The number of rotatable bonds is 7. The lowest BCUT2D eigenvalue weighted by molar-refractivity contribution is -0.118. The third kappa shape index (κ3) is 4.51. The fraction of sp³-hybridized carbons (Fsp3) is 0.182. The van der Waals surface area contributed by atoms with Crippen molar-refractivity contribution >= 4 is 51.8 Å². The quantitative estimate of drug-likeness (QED) is 0.371. The Labute approximate surface area is 188 Å². The lowest BCUT2D eigenvalue weighted by Gasteiger charge is -2.19. The Morgan fingerprint density at radius 2 is 2.07 bits per heavy atom. The summed E-state index contributed by atoms with van der Waals surface area (Å²) in [5.74, 6) is 0.116. The van der Waals surface area contributed by atoms with Crippen molar-refractivity contribution in [2.45, 2.75) is 11.1 Å². The van der Waals surface area contributed by atoms with E-state index < -0.39 is 0 Å². The van der Waals surface area contributed by atoms with Crippen LogP contribution in [0.1, 0.15) is 17.0 Å². The van der Waals surface area contributed by atoms with E-state index in [-0.39, 0.29) is 11.8 Å². The van der Waals surface area contributed by atoms with Crippen molar-refractivity contribution in [1.82, 2.24) is 19.9 Å². The third-order valence-corrected chi connectivity index (χ3v) is 6.57. The van der Waals surface area contributed by atoms with E-state index in [0.29, 0.717) is 22.3 Å². The van der Waals surface area contributed by atoms with Crippen molar-refractivity contribution in [2.24, 2.45) is 7.05 Å². The van der Waals surface area contributed by atoms with Crippen molar-refractivity contribution in [3.8, 4) is 0 Å². The van der Waals surface area contributed by atoms with Gasteiger partial charge < -0.3 is 14.9 Å². The van der Waals surface area contributed by atoms with Crippen LogP contribution in [-0.2, 0) is 11.8 Å².